The fraction of sp³-hybridized carbons (Fsp3) is 0.0588. The molecule has 0 aliphatic heterocycles. The highest BCUT2D eigenvalue weighted by molar-refractivity contribution is 7.10. The molecule has 1 aromatic heterocycles. The van der Waals surface area contributed by atoms with E-state index in [2.05, 4.69) is 15.8 Å². The Kier molecular flexibility index (Phi) is 3.95. The summed E-state index contributed by atoms with van der Waals surface area (Å²) in [7, 11) is 0. The summed E-state index contributed by atoms with van der Waals surface area (Å²) in [6.45, 7) is 0.660. The second-order valence-corrected chi connectivity index (χ2v) is 5.33. The van der Waals surface area contributed by atoms with Gasteiger partial charge in [-0.3, -0.25) is 0 Å². The van der Waals surface area contributed by atoms with Gasteiger partial charge in [-0.15, -0.1) is 0 Å². The molecule has 1 N–H and O–H groups in total. The first-order valence-corrected chi connectivity index (χ1v) is 7.39. The van der Waals surface area contributed by atoms with Crippen LogP contribution in [-0.4, -0.2) is 4.37 Å². The summed E-state index contributed by atoms with van der Waals surface area (Å²) < 4.78 is 4.39. The summed E-state index contributed by atoms with van der Waals surface area (Å²) in [5.74, 6) is 0.658. The van der Waals surface area contributed by atoms with Crippen LogP contribution in [0.25, 0.3) is 10.4 Å². The Hall–Kier alpha value is -2.64. The van der Waals surface area contributed by atoms with Gasteiger partial charge in [-0.05, 0) is 22.7 Å². The van der Waals surface area contributed by atoms with Crippen molar-refractivity contribution >= 4 is 17.4 Å². The van der Waals surface area contributed by atoms with E-state index in [1.54, 1.807) is 0 Å². The summed E-state index contributed by atoms with van der Waals surface area (Å²) in [6.07, 6.45) is 0. The normalized spacial score (nSPS) is 10.0. The van der Waals surface area contributed by atoms with E-state index in [9.17, 15) is 5.26 Å². The van der Waals surface area contributed by atoms with E-state index in [4.69, 9.17) is 0 Å². The van der Waals surface area contributed by atoms with Gasteiger partial charge in [0.2, 0.25) is 0 Å². The van der Waals surface area contributed by atoms with Crippen molar-refractivity contribution < 1.29 is 0 Å². The average molecular weight is 291 g/mol. The lowest BCUT2D eigenvalue weighted by molar-refractivity contribution is 1.13. The molecule has 0 saturated heterocycles. The number of aromatic nitrogens is 1. The molecule has 0 bridgehead atoms. The Bertz CT molecular complexity index is 758. The molecule has 4 heteroatoms. The molecule has 21 heavy (non-hydrogen) atoms. The minimum atomic E-state index is 0.613. The number of anilines is 1. The first kappa shape index (κ1) is 13.3. The van der Waals surface area contributed by atoms with E-state index in [0.29, 0.717) is 17.9 Å². The van der Waals surface area contributed by atoms with Crippen molar-refractivity contribution in [2.75, 3.05) is 5.32 Å². The molecule has 0 atom stereocenters. The van der Waals surface area contributed by atoms with Gasteiger partial charge in [0.15, 0.2) is 5.82 Å². The van der Waals surface area contributed by atoms with Crippen molar-refractivity contribution in [1.29, 1.82) is 5.26 Å². The number of nitriles is 1. The van der Waals surface area contributed by atoms with E-state index in [-0.39, 0.29) is 0 Å². The Morgan fingerprint density at radius 3 is 2.33 bits per heavy atom. The third kappa shape index (κ3) is 2.93. The predicted molar refractivity (Wildman–Crippen MR) is 86.0 cm³/mol. The molecule has 2 aromatic carbocycles. The molecule has 1 heterocycles. The minimum absolute atomic E-state index is 0.613. The minimum Gasteiger partial charge on any atom is -0.364 e. The Labute approximate surface area is 127 Å². The standard InChI is InChI=1S/C17H13N3S/c18-11-15-16(14-9-5-2-6-10-14)21-20-17(15)19-12-13-7-3-1-4-8-13/h1-10H,12H2,(H,19,20). The number of hydrogen-bond acceptors (Lipinski definition) is 4. The fourth-order valence-corrected chi connectivity index (χ4v) is 2.90. The summed E-state index contributed by atoms with van der Waals surface area (Å²) in [6, 6.07) is 22.2. The van der Waals surface area contributed by atoms with E-state index in [1.165, 1.54) is 11.5 Å². The molecule has 3 nitrogen and oxygen atoms in total. The lowest BCUT2D eigenvalue weighted by Crippen LogP contribution is -2.00. The number of benzene rings is 2. The summed E-state index contributed by atoms with van der Waals surface area (Å²) in [5, 5.41) is 12.7. The smallest absolute Gasteiger partial charge is 0.158 e. The molecule has 0 amide bonds. The lowest BCUT2D eigenvalue weighted by Gasteiger charge is -2.04. The first-order chi connectivity index (χ1) is 10.4. The van der Waals surface area contributed by atoms with Crippen LogP contribution in [0.1, 0.15) is 11.1 Å². The number of nitrogens with one attached hydrogen (secondary N) is 1. The van der Waals surface area contributed by atoms with Crippen LogP contribution >= 0.6 is 11.5 Å². The molecular formula is C17H13N3S. The van der Waals surface area contributed by atoms with Crippen molar-refractivity contribution in [1.82, 2.24) is 4.37 Å². The number of nitrogens with zero attached hydrogens (tertiary/aromatic N) is 2. The van der Waals surface area contributed by atoms with E-state index < -0.39 is 0 Å². The van der Waals surface area contributed by atoms with E-state index in [0.717, 1.165) is 16.0 Å². The van der Waals surface area contributed by atoms with Crippen LogP contribution in [0, 0.1) is 11.3 Å². The van der Waals surface area contributed by atoms with Gasteiger partial charge in [-0.25, -0.2) is 0 Å². The van der Waals surface area contributed by atoms with E-state index in [1.807, 2.05) is 60.7 Å². The Morgan fingerprint density at radius 2 is 1.67 bits per heavy atom. The maximum Gasteiger partial charge on any atom is 0.158 e. The molecule has 0 radical (unpaired) electrons. The van der Waals surface area contributed by atoms with Crippen molar-refractivity contribution in [2.24, 2.45) is 0 Å². The highest BCUT2D eigenvalue weighted by atomic mass is 32.1. The van der Waals surface area contributed by atoms with Crippen molar-refractivity contribution in [3.8, 4) is 16.5 Å². The summed E-state index contributed by atoms with van der Waals surface area (Å²) in [4.78, 5) is 0.911. The zero-order chi connectivity index (χ0) is 14.5. The van der Waals surface area contributed by atoms with Gasteiger partial charge in [-0.2, -0.15) is 9.64 Å². The second-order valence-electron chi connectivity index (χ2n) is 4.55. The van der Waals surface area contributed by atoms with Gasteiger partial charge >= 0.3 is 0 Å². The first-order valence-electron chi connectivity index (χ1n) is 6.61. The molecule has 0 aliphatic carbocycles. The molecule has 0 spiro atoms. The third-order valence-electron chi connectivity index (χ3n) is 3.14. The number of rotatable bonds is 4. The molecule has 0 fully saturated rings. The number of hydrogen-bond donors (Lipinski definition) is 1. The van der Waals surface area contributed by atoms with E-state index >= 15 is 0 Å². The molecule has 0 saturated carbocycles. The Balaban J connectivity index is 1.84. The largest absolute Gasteiger partial charge is 0.364 e. The second kappa shape index (κ2) is 6.21. The van der Waals surface area contributed by atoms with Crippen molar-refractivity contribution in [3.63, 3.8) is 0 Å². The van der Waals surface area contributed by atoms with Crippen LogP contribution in [0.15, 0.2) is 60.7 Å². The zero-order valence-corrected chi connectivity index (χ0v) is 12.1. The van der Waals surface area contributed by atoms with Crippen molar-refractivity contribution in [2.45, 2.75) is 6.54 Å². The van der Waals surface area contributed by atoms with Gasteiger partial charge in [0.25, 0.3) is 0 Å². The predicted octanol–water partition coefficient (Wildman–Crippen LogP) is 4.29. The molecule has 102 valence electrons. The van der Waals surface area contributed by atoms with Gasteiger partial charge in [-0.1, -0.05) is 60.7 Å². The monoisotopic (exact) mass is 291 g/mol. The molecular weight excluding hydrogens is 278 g/mol. The van der Waals surface area contributed by atoms with Crippen LogP contribution in [-0.2, 0) is 6.54 Å². The highest BCUT2D eigenvalue weighted by Crippen LogP contribution is 2.32. The lowest BCUT2D eigenvalue weighted by atomic mass is 10.1. The van der Waals surface area contributed by atoms with Crippen LogP contribution in [0.4, 0.5) is 5.82 Å². The quantitative estimate of drug-likeness (QED) is 0.780. The molecule has 3 rings (SSSR count). The zero-order valence-electron chi connectivity index (χ0n) is 11.3. The Morgan fingerprint density at radius 1 is 1.00 bits per heavy atom. The van der Waals surface area contributed by atoms with Gasteiger partial charge in [0, 0.05) is 6.54 Å². The van der Waals surface area contributed by atoms with Crippen LogP contribution in [0.5, 0.6) is 0 Å². The van der Waals surface area contributed by atoms with Crippen LogP contribution in [0.2, 0.25) is 0 Å². The van der Waals surface area contributed by atoms with Crippen LogP contribution < -0.4 is 5.32 Å². The average Bonchev–Trinajstić information content (AvgIpc) is 2.97. The SMILES string of the molecule is N#Cc1c(NCc2ccccc2)nsc1-c1ccccc1. The fourth-order valence-electron chi connectivity index (χ4n) is 2.08. The van der Waals surface area contributed by atoms with Gasteiger partial charge in [0.05, 0.1) is 4.88 Å². The topological polar surface area (TPSA) is 48.7 Å². The maximum atomic E-state index is 9.42. The molecule has 3 aromatic rings. The molecule has 0 unspecified atom stereocenters. The summed E-state index contributed by atoms with van der Waals surface area (Å²) in [5.41, 5.74) is 2.80. The third-order valence-corrected chi connectivity index (χ3v) is 4.04. The van der Waals surface area contributed by atoms with Gasteiger partial charge in [0.1, 0.15) is 11.6 Å². The van der Waals surface area contributed by atoms with Crippen LogP contribution in [0.3, 0.4) is 0 Å². The molecule has 0 aliphatic rings. The maximum absolute atomic E-state index is 9.42. The summed E-state index contributed by atoms with van der Waals surface area (Å²) >= 11 is 1.35. The van der Waals surface area contributed by atoms with Gasteiger partial charge < -0.3 is 5.32 Å². The highest BCUT2D eigenvalue weighted by Gasteiger charge is 2.14. The van der Waals surface area contributed by atoms with Crippen molar-refractivity contribution in [3.05, 3.63) is 71.8 Å².